The first-order chi connectivity index (χ1) is 12.6. The molecule has 8 heteroatoms. The lowest BCUT2D eigenvalue weighted by molar-refractivity contribution is -0.136. The second-order valence-corrected chi connectivity index (χ2v) is 7.14. The first kappa shape index (κ1) is 19.3. The Balaban J connectivity index is 1.99. The number of benzene rings is 1. The van der Waals surface area contributed by atoms with Crippen LogP contribution in [-0.4, -0.2) is 23.1 Å². The molecule has 0 radical (unpaired) electrons. The molecule has 1 aromatic heterocycles. The Labute approximate surface area is 154 Å². The van der Waals surface area contributed by atoms with Crippen LogP contribution >= 0.6 is 0 Å². The Morgan fingerprint density at radius 2 is 2.00 bits per heavy atom. The fourth-order valence-electron chi connectivity index (χ4n) is 2.94. The van der Waals surface area contributed by atoms with Gasteiger partial charge in [-0.25, -0.2) is 0 Å². The highest BCUT2D eigenvalue weighted by Crippen LogP contribution is 2.36. The van der Waals surface area contributed by atoms with Crippen LogP contribution in [0.2, 0.25) is 0 Å². The summed E-state index contributed by atoms with van der Waals surface area (Å²) >= 11 is 0. The number of nitrogens with one attached hydrogen (secondary N) is 1. The van der Waals surface area contributed by atoms with E-state index < -0.39 is 17.3 Å². The predicted molar refractivity (Wildman–Crippen MR) is 94.7 cm³/mol. The molecule has 1 aromatic carbocycles. The first-order valence-corrected chi connectivity index (χ1v) is 8.82. The van der Waals surface area contributed by atoms with E-state index >= 15 is 0 Å². The third-order valence-corrected chi connectivity index (χ3v) is 4.35. The summed E-state index contributed by atoms with van der Waals surface area (Å²) in [4.78, 5) is 24.0. The number of alkyl halides is 3. The third-order valence-electron chi connectivity index (χ3n) is 4.35. The van der Waals surface area contributed by atoms with Gasteiger partial charge in [-0.3, -0.25) is 9.59 Å². The lowest BCUT2D eigenvalue weighted by Crippen LogP contribution is -2.34. The van der Waals surface area contributed by atoms with Crippen molar-refractivity contribution >= 4 is 16.8 Å². The average Bonchev–Trinajstić information content (AvgIpc) is 3.37. The van der Waals surface area contributed by atoms with E-state index in [1.54, 1.807) is 0 Å². The molecule has 5 nitrogen and oxygen atoms in total. The predicted octanol–water partition coefficient (Wildman–Crippen LogP) is 3.33. The summed E-state index contributed by atoms with van der Waals surface area (Å²) in [5.41, 5.74) is -1.47. The maximum Gasteiger partial charge on any atom is 0.417 e. The number of hydrogen-bond acceptors (Lipinski definition) is 3. The average molecular weight is 382 g/mol. The van der Waals surface area contributed by atoms with E-state index in [0.29, 0.717) is 18.5 Å². The van der Waals surface area contributed by atoms with Crippen LogP contribution in [0.3, 0.4) is 0 Å². The zero-order valence-corrected chi connectivity index (χ0v) is 15.1. The van der Waals surface area contributed by atoms with Gasteiger partial charge < -0.3 is 14.6 Å². The van der Waals surface area contributed by atoms with Gasteiger partial charge in [0.05, 0.1) is 11.1 Å². The molecule has 1 N–H and O–H groups in total. The van der Waals surface area contributed by atoms with Crippen molar-refractivity contribution < 1.29 is 22.7 Å². The number of fused-ring (bicyclic) bond motifs is 1. The molecule has 0 bridgehead atoms. The van der Waals surface area contributed by atoms with Gasteiger partial charge in [-0.05, 0) is 44.7 Å². The van der Waals surface area contributed by atoms with Crippen LogP contribution in [0.1, 0.15) is 32.3 Å². The van der Waals surface area contributed by atoms with E-state index in [2.05, 4.69) is 5.32 Å². The van der Waals surface area contributed by atoms with E-state index in [9.17, 15) is 22.8 Å². The molecule has 146 valence electrons. The second-order valence-electron chi connectivity index (χ2n) is 7.14. The fourth-order valence-corrected chi connectivity index (χ4v) is 2.94. The van der Waals surface area contributed by atoms with Crippen LogP contribution in [0.15, 0.2) is 29.1 Å². The van der Waals surface area contributed by atoms with Crippen LogP contribution < -0.4 is 15.6 Å². The monoisotopic (exact) mass is 382 g/mol. The number of ether oxygens (including phenoxy) is 1. The van der Waals surface area contributed by atoms with Crippen LogP contribution in [0, 0.1) is 5.92 Å². The van der Waals surface area contributed by atoms with Gasteiger partial charge in [0.15, 0.2) is 6.61 Å². The summed E-state index contributed by atoms with van der Waals surface area (Å²) < 4.78 is 46.8. The van der Waals surface area contributed by atoms with Gasteiger partial charge in [-0.2, -0.15) is 13.2 Å². The molecule has 0 saturated heterocycles. The van der Waals surface area contributed by atoms with Gasteiger partial charge in [0, 0.05) is 30.1 Å². The SMILES string of the molecule is CC(C)NC(=O)COc1ccc2c(C(F)(F)F)cc(=O)n(CC3CC3)c2c1. The van der Waals surface area contributed by atoms with Crippen molar-refractivity contribution in [3.63, 3.8) is 0 Å². The Kier molecular flexibility index (Phi) is 5.17. The van der Waals surface area contributed by atoms with Crippen LogP contribution in [0.5, 0.6) is 5.75 Å². The van der Waals surface area contributed by atoms with Crippen molar-refractivity contribution in [3.8, 4) is 5.75 Å². The molecule has 0 aliphatic heterocycles. The second kappa shape index (κ2) is 7.25. The summed E-state index contributed by atoms with van der Waals surface area (Å²) in [7, 11) is 0. The minimum absolute atomic E-state index is 0.0456. The number of amides is 1. The third kappa shape index (κ3) is 4.61. The number of rotatable bonds is 6. The van der Waals surface area contributed by atoms with Crippen molar-refractivity contribution in [2.45, 2.75) is 45.5 Å². The zero-order chi connectivity index (χ0) is 19.8. The Morgan fingerprint density at radius 3 is 2.59 bits per heavy atom. The fraction of sp³-hybridized carbons (Fsp3) is 0.474. The number of pyridine rings is 1. The standard InChI is InChI=1S/C19H21F3N2O3/c1-11(2)23-17(25)10-27-13-5-6-14-15(19(20,21)22)8-18(26)24(16(14)7-13)9-12-3-4-12/h5-8,11-12H,3-4,9-10H2,1-2H3,(H,23,25). The molecule has 1 amide bonds. The quantitative estimate of drug-likeness (QED) is 0.834. The van der Waals surface area contributed by atoms with E-state index in [0.717, 1.165) is 12.8 Å². The summed E-state index contributed by atoms with van der Waals surface area (Å²) in [5.74, 6) is 0.221. The van der Waals surface area contributed by atoms with Crippen molar-refractivity contribution in [3.05, 3.63) is 40.2 Å². The summed E-state index contributed by atoms with van der Waals surface area (Å²) in [6.45, 7) is 3.74. The molecule has 1 fully saturated rings. The van der Waals surface area contributed by atoms with Crippen molar-refractivity contribution in [2.75, 3.05) is 6.61 Å². The molecule has 2 aromatic rings. The van der Waals surface area contributed by atoms with Crippen molar-refractivity contribution in [1.82, 2.24) is 9.88 Å². The minimum atomic E-state index is -4.63. The van der Waals surface area contributed by atoms with Gasteiger partial charge >= 0.3 is 6.18 Å². The van der Waals surface area contributed by atoms with Gasteiger partial charge in [-0.1, -0.05) is 0 Å². The molecular formula is C19H21F3N2O3. The highest BCUT2D eigenvalue weighted by molar-refractivity contribution is 5.85. The molecule has 27 heavy (non-hydrogen) atoms. The highest BCUT2D eigenvalue weighted by Gasteiger charge is 2.34. The topological polar surface area (TPSA) is 60.3 Å². The number of carbonyl (C=O) groups excluding carboxylic acids is 1. The number of carbonyl (C=O) groups is 1. The molecule has 0 atom stereocenters. The van der Waals surface area contributed by atoms with Gasteiger partial charge in [-0.15, -0.1) is 0 Å². The van der Waals surface area contributed by atoms with Gasteiger partial charge in [0.2, 0.25) is 0 Å². The summed E-state index contributed by atoms with van der Waals surface area (Å²) in [6.07, 6.45) is -2.71. The van der Waals surface area contributed by atoms with Crippen LogP contribution in [0.25, 0.3) is 10.9 Å². The number of aromatic nitrogens is 1. The minimum Gasteiger partial charge on any atom is -0.484 e. The van der Waals surface area contributed by atoms with Gasteiger partial charge in [0.25, 0.3) is 11.5 Å². The maximum atomic E-state index is 13.3. The smallest absolute Gasteiger partial charge is 0.417 e. The van der Waals surface area contributed by atoms with Crippen LogP contribution in [-0.2, 0) is 17.5 Å². The first-order valence-electron chi connectivity index (χ1n) is 8.82. The summed E-state index contributed by atoms with van der Waals surface area (Å²) in [6, 6.07) is 4.68. The molecule has 0 spiro atoms. The Bertz CT molecular complexity index is 915. The number of nitrogens with zero attached hydrogens (tertiary/aromatic N) is 1. The Hall–Kier alpha value is -2.51. The van der Waals surface area contributed by atoms with Crippen molar-refractivity contribution in [1.29, 1.82) is 0 Å². The lowest BCUT2D eigenvalue weighted by atomic mass is 10.1. The normalized spacial score (nSPS) is 14.6. The highest BCUT2D eigenvalue weighted by atomic mass is 19.4. The molecule has 0 unspecified atom stereocenters. The molecule has 1 saturated carbocycles. The van der Waals surface area contributed by atoms with E-state index in [1.165, 1.54) is 22.8 Å². The molecule has 1 heterocycles. The van der Waals surface area contributed by atoms with Crippen LogP contribution in [0.4, 0.5) is 13.2 Å². The van der Waals surface area contributed by atoms with Crippen molar-refractivity contribution in [2.24, 2.45) is 5.92 Å². The Morgan fingerprint density at radius 1 is 1.30 bits per heavy atom. The molecule has 3 rings (SSSR count). The molecule has 1 aliphatic carbocycles. The maximum absolute atomic E-state index is 13.3. The lowest BCUT2D eigenvalue weighted by Gasteiger charge is -2.16. The summed E-state index contributed by atoms with van der Waals surface area (Å²) in [5, 5.41) is 2.61. The number of hydrogen-bond donors (Lipinski definition) is 1. The van der Waals surface area contributed by atoms with E-state index in [1.807, 2.05) is 13.8 Å². The molecule has 1 aliphatic rings. The van der Waals surface area contributed by atoms with E-state index in [4.69, 9.17) is 4.74 Å². The largest absolute Gasteiger partial charge is 0.484 e. The van der Waals surface area contributed by atoms with Gasteiger partial charge in [0.1, 0.15) is 5.75 Å². The zero-order valence-electron chi connectivity index (χ0n) is 15.1. The van der Waals surface area contributed by atoms with E-state index in [-0.39, 0.29) is 35.2 Å². The number of halogens is 3. The molecular weight excluding hydrogens is 361 g/mol.